The minimum atomic E-state index is -0.430. The summed E-state index contributed by atoms with van der Waals surface area (Å²) in [5, 5.41) is 14.7. The lowest BCUT2D eigenvalue weighted by atomic mass is 9.77. The lowest BCUT2D eigenvalue weighted by Gasteiger charge is -2.34. The molecule has 1 aliphatic heterocycles. The summed E-state index contributed by atoms with van der Waals surface area (Å²) in [6, 6.07) is 5.36. The number of pyridine rings is 1. The number of carbonyl (C=O) groups is 1. The maximum absolute atomic E-state index is 11.7. The largest absolute Gasteiger partial charge is 0.464 e. The Morgan fingerprint density at radius 2 is 2.08 bits per heavy atom. The van der Waals surface area contributed by atoms with Crippen molar-refractivity contribution in [3.8, 4) is 0 Å². The lowest BCUT2D eigenvalue weighted by Crippen LogP contribution is -2.36. The summed E-state index contributed by atoms with van der Waals surface area (Å²) in [5.74, 6) is 1.23. The Hall–Kier alpha value is -2.48. The zero-order valence-corrected chi connectivity index (χ0v) is 14.0. The van der Waals surface area contributed by atoms with Crippen LogP contribution in [0.2, 0.25) is 0 Å². The predicted octanol–water partition coefficient (Wildman–Crippen LogP) is 0.908. The Bertz CT molecular complexity index is 751. The molecule has 1 aliphatic carbocycles. The summed E-state index contributed by atoms with van der Waals surface area (Å²) in [5.41, 5.74) is 0.315. The molecule has 0 amide bonds. The molecule has 1 N–H and O–H groups in total. The maximum Gasteiger partial charge on any atom is 0.356 e. The van der Waals surface area contributed by atoms with Crippen molar-refractivity contribution in [2.75, 3.05) is 25.1 Å². The molecule has 2 aliphatic rings. The molecule has 1 saturated carbocycles. The van der Waals surface area contributed by atoms with Crippen LogP contribution < -0.4 is 4.90 Å². The van der Waals surface area contributed by atoms with Crippen molar-refractivity contribution in [2.24, 2.45) is 11.8 Å². The van der Waals surface area contributed by atoms with E-state index in [1.54, 1.807) is 17.1 Å². The number of anilines is 1. The third-order valence-electron chi connectivity index (χ3n) is 5.34. The van der Waals surface area contributed by atoms with E-state index < -0.39 is 12.1 Å². The molecule has 0 spiro atoms. The number of aromatic nitrogens is 4. The van der Waals surface area contributed by atoms with Crippen LogP contribution in [0.15, 0.2) is 30.9 Å². The highest BCUT2D eigenvalue weighted by molar-refractivity contribution is 5.87. The summed E-state index contributed by atoms with van der Waals surface area (Å²) in [7, 11) is 1.35. The highest BCUT2D eigenvalue weighted by atomic mass is 16.5. The third-order valence-corrected chi connectivity index (χ3v) is 5.34. The smallest absolute Gasteiger partial charge is 0.356 e. The van der Waals surface area contributed by atoms with Gasteiger partial charge in [0.1, 0.15) is 18.5 Å². The first-order valence-electron chi connectivity index (χ1n) is 8.48. The second-order valence-electron chi connectivity index (χ2n) is 6.78. The summed E-state index contributed by atoms with van der Waals surface area (Å²) < 4.78 is 6.51. The van der Waals surface area contributed by atoms with Gasteiger partial charge in [0.25, 0.3) is 0 Å². The molecule has 2 aromatic heterocycles. The van der Waals surface area contributed by atoms with Crippen molar-refractivity contribution >= 4 is 11.8 Å². The molecule has 2 fully saturated rings. The SMILES string of the molecule is COC(=O)c1cccc(N2C[C@H]3C[C@@H](n4cncn4)[C@H](O)C[C@H]3C2)n1. The van der Waals surface area contributed by atoms with Gasteiger partial charge in [-0.05, 0) is 36.8 Å². The van der Waals surface area contributed by atoms with Gasteiger partial charge >= 0.3 is 5.97 Å². The van der Waals surface area contributed by atoms with Gasteiger partial charge in [0.2, 0.25) is 0 Å². The van der Waals surface area contributed by atoms with Gasteiger partial charge in [-0.15, -0.1) is 0 Å². The van der Waals surface area contributed by atoms with E-state index in [-0.39, 0.29) is 6.04 Å². The lowest BCUT2D eigenvalue weighted by molar-refractivity contribution is 0.0305. The molecular formula is C17H21N5O3. The van der Waals surface area contributed by atoms with Gasteiger partial charge in [-0.2, -0.15) is 5.10 Å². The van der Waals surface area contributed by atoms with Gasteiger partial charge in [0.05, 0.1) is 19.3 Å². The van der Waals surface area contributed by atoms with Gasteiger partial charge in [-0.3, -0.25) is 0 Å². The molecule has 4 rings (SSSR count). The topological polar surface area (TPSA) is 93.4 Å². The van der Waals surface area contributed by atoms with Crippen LogP contribution in [-0.2, 0) is 4.74 Å². The predicted molar refractivity (Wildman–Crippen MR) is 89.1 cm³/mol. The number of ether oxygens (including phenoxy) is 1. The first-order valence-corrected chi connectivity index (χ1v) is 8.48. The zero-order valence-electron chi connectivity index (χ0n) is 14.0. The Morgan fingerprint density at radius 3 is 2.80 bits per heavy atom. The second-order valence-corrected chi connectivity index (χ2v) is 6.78. The molecular weight excluding hydrogens is 322 g/mol. The number of methoxy groups -OCH3 is 1. The molecule has 0 unspecified atom stereocenters. The molecule has 4 atom stereocenters. The van der Waals surface area contributed by atoms with E-state index in [9.17, 15) is 9.90 Å². The van der Waals surface area contributed by atoms with Crippen molar-refractivity contribution in [2.45, 2.75) is 25.0 Å². The third kappa shape index (κ3) is 2.97. The average Bonchev–Trinajstić information content (AvgIpc) is 3.29. The first kappa shape index (κ1) is 16.0. The van der Waals surface area contributed by atoms with Crippen LogP contribution in [0.3, 0.4) is 0 Å². The number of carbonyl (C=O) groups excluding carboxylic acids is 1. The number of rotatable bonds is 3. The van der Waals surface area contributed by atoms with Crippen molar-refractivity contribution in [3.63, 3.8) is 0 Å². The molecule has 2 aromatic rings. The quantitative estimate of drug-likeness (QED) is 0.828. The zero-order chi connectivity index (χ0) is 17.4. The van der Waals surface area contributed by atoms with E-state index in [1.807, 2.05) is 12.1 Å². The maximum atomic E-state index is 11.7. The number of fused-ring (bicyclic) bond motifs is 1. The summed E-state index contributed by atoms with van der Waals surface area (Å²) >= 11 is 0. The number of esters is 1. The van der Waals surface area contributed by atoms with Crippen molar-refractivity contribution in [1.82, 2.24) is 19.7 Å². The van der Waals surface area contributed by atoms with Crippen molar-refractivity contribution < 1.29 is 14.6 Å². The van der Waals surface area contributed by atoms with Crippen molar-refractivity contribution in [1.29, 1.82) is 0 Å². The van der Waals surface area contributed by atoms with Crippen LogP contribution >= 0.6 is 0 Å². The fourth-order valence-electron chi connectivity index (χ4n) is 4.08. The number of hydrogen-bond donors (Lipinski definition) is 1. The fourth-order valence-corrected chi connectivity index (χ4v) is 4.08. The van der Waals surface area contributed by atoms with Crippen molar-refractivity contribution in [3.05, 3.63) is 36.5 Å². The minimum absolute atomic E-state index is 0.0296. The van der Waals surface area contributed by atoms with Gasteiger partial charge < -0.3 is 14.7 Å². The molecule has 0 radical (unpaired) electrons. The van der Waals surface area contributed by atoms with E-state index in [0.29, 0.717) is 17.5 Å². The van der Waals surface area contributed by atoms with Gasteiger partial charge in [0.15, 0.2) is 5.69 Å². The summed E-state index contributed by atoms with van der Waals surface area (Å²) in [4.78, 5) is 22.3. The second kappa shape index (κ2) is 6.44. The number of nitrogens with zero attached hydrogens (tertiary/aromatic N) is 5. The van der Waals surface area contributed by atoms with Crippen LogP contribution in [0.25, 0.3) is 0 Å². The van der Waals surface area contributed by atoms with E-state index in [2.05, 4.69) is 20.0 Å². The molecule has 8 heteroatoms. The summed E-state index contributed by atoms with van der Waals surface area (Å²) in [6.07, 6.45) is 4.35. The fraction of sp³-hybridized carbons (Fsp3) is 0.529. The molecule has 3 heterocycles. The number of hydrogen-bond acceptors (Lipinski definition) is 7. The Morgan fingerprint density at radius 1 is 1.28 bits per heavy atom. The van der Waals surface area contributed by atoms with E-state index in [4.69, 9.17) is 4.74 Å². The van der Waals surface area contributed by atoms with Crippen LogP contribution in [0, 0.1) is 11.8 Å². The van der Waals surface area contributed by atoms with Crippen LogP contribution in [-0.4, -0.2) is 57.1 Å². The standard InChI is InChI=1S/C17H21N5O3/c1-25-17(24)13-3-2-4-16(20-13)21-7-11-5-14(22-10-18-9-19-22)15(23)6-12(11)8-21/h2-4,9-12,14-15,23H,5-8H2,1H3/t11-,12+,14-,15-/m1/s1. The Labute approximate surface area is 145 Å². The minimum Gasteiger partial charge on any atom is -0.464 e. The van der Waals surface area contributed by atoms with Crippen LogP contribution in [0.1, 0.15) is 29.4 Å². The van der Waals surface area contributed by atoms with E-state index >= 15 is 0 Å². The molecule has 25 heavy (non-hydrogen) atoms. The molecule has 8 nitrogen and oxygen atoms in total. The highest BCUT2D eigenvalue weighted by Crippen LogP contribution is 2.41. The Balaban J connectivity index is 1.50. The van der Waals surface area contributed by atoms with Gasteiger partial charge in [-0.1, -0.05) is 6.07 Å². The average molecular weight is 343 g/mol. The van der Waals surface area contributed by atoms with Crippen LogP contribution in [0.5, 0.6) is 0 Å². The highest BCUT2D eigenvalue weighted by Gasteiger charge is 2.43. The van der Waals surface area contributed by atoms with Gasteiger partial charge in [0, 0.05) is 13.1 Å². The van der Waals surface area contributed by atoms with Gasteiger partial charge in [-0.25, -0.2) is 19.4 Å². The van der Waals surface area contributed by atoms with Crippen LogP contribution in [0.4, 0.5) is 5.82 Å². The first-order chi connectivity index (χ1) is 12.2. The Kier molecular flexibility index (Phi) is 4.12. The van der Waals surface area contributed by atoms with E-state index in [0.717, 1.165) is 31.7 Å². The molecule has 0 bridgehead atoms. The number of aliphatic hydroxyl groups excluding tert-OH is 1. The molecule has 132 valence electrons. The normalized spacial score (nSPS) is 28.6. The number of aliphatic hydroxyl groups is 1. The molecule has 0 aromatic carbocycles. The monoisotopic (exact) mass is 343 g/mol. The molecule has 1 saturated heterocycles. The summed E-state index contributed by atoms with van der Waals surface area (Å²) in [6.45, 7) is 1.70. The van der Waals surface area contributed by atoms with E-state index in [1.165, 1.54) is 13.4 Å².